The van der Waals surface area contributed by atoms with Crippen molar-refractivity contribution in [2.75, 3.05) is 0 Å². The lowest BCUT2D eigenvalue weighted by Crippen LogP contribution is -2.20. The minimum Gasteiger partial charge on any atom is -0.423 e. The molecule has 1 aromatic heterocycles. The normalized spacial score (nSPS) is 10.5. The number of primary amides is 1. The van der Waals surface area contributed by atoms with E-state index < -0.39 is 17.5 Å². The average molecular weight is 323 g/mol. The summed E-state index contributed by atoms with van der Waals surface area (Å²) in [5, 5.41) is 0.499. The Morgan fingerprint density at radius 3 is 2.58 bits per heavy atom. The number of nitrogens with two attached hydrogens (primary N) is 1. The number of carbonyl (C=O) groups is 2. The second-order valence-corrected chi connectivity index (χ2v) is 5.27. The highest BCUT2D eigenvalue weighted by atomic mass is 16.5. The van der Waals surface area contributed by atoms with Gasteiger partial charge in [-0.15, -0.1) is 0 Å². The summed E-state index contributed by atoms with van der Waals surface area (Å²) >= 11 is 0. The van der Waals surface area contributed by atoms with Gasteiger partial charge in [0.25, 0.3) is 5.91 Å². The number of ether oxygens (including phenoxy) is 1. The molecule has 0 radical (unpaired) electrons. The van der Waals surface area contributed by atoms with Gasteiger partial charge >= 0.3 is 11.6 Å². The highest BCUT2D eigenvalue weighted by molar-refractivity contribution is 5.96. The van der Waals surface area contributed by atoms with Gasteiger partial charge in [-0.1, -0.05) is 17.7 Å². The van der Waals surface area contributed by atoms with Crippen LogP contribution in [-0.2, 0) is 0 Å². The van der Waals surface area contributed by atoms with Crippen molar-refractivity contribution in [1.82, 2.24) is 0 Å². The second-order valence-electron chi connectivity index (χ2n) is 5.27. The maximum Gasteiger partial charge on any atom is 0.349 e. The first-order chi connectivity index (χ1) is 11.4. The smallest absolute Gasteiger partial charge is 0.349 e. The molecule has 6 heteroatoms. The first-order valence-electron chi connectivity index (χ1n) is 7.10. The molecule has 0 atom stereocenters. The zero-order chi connectivity index (χ0) is 17.3. The Balaban J connectivity index is 1.93. The molecule has 6 nitrogen and oxygen atoms in total. The van der Waals surface area contributed by atoms with E-state index in [1.165, 1.54) is 12.1 Å². The predicted molar refractivity (Wildman–Crippen MR) is 87.1 cm³/mol. The highest BCUT2D eigenvalue weighted by Gasteiger charge is 2.13. The number of carbonyl (C=O) groups excluding carboxylic acids is 2. The summed E-state index contributed by atoms with van der Waals surface area (Å²) < 4.78 is 10.3. The van der Waals surface area contributed by atoms with Crippen LogP contribution in [0.25, 0.3) is 11.0 Å². The third-order valence-corrected chi connectivity index (χ3v) is 3.44. The van der Waals surface area contributed by atoms with Crippen molar-refractivity contribution in [2.24, 2.45) is 5.73 Å². The van der Waals surface area contributed by atoms with Crippen molar-refractivity contribution < 1.29 is 18.7 Å². The minimum absolute atomic E-state index is 0.194. The Labute approximate surface area is 136 Å². The number of hydrogen-bond acceptors (Lipinski definition) is 5. The fraction of sp³-hybridized carbons (Fsp3) is 0.0556. The van der Waals surface area contributed by atoms with Gasteiger partial charge in [0.1, 0.15) is 16.9 Å². The second kappa shape index (κ2) is 6.00. The highest BCUT2D eigenvalue weighted by Crippen LogP contribution is 2.21. The molecule has 0 aliphatic heterocycles. The van der Waals surface area contributed by atoms with Gasteiger partial charge in [0.2, 0.25) is 0 Å². The number of hydrogen-bond donors (Lipinski definition) is 1. The van der Waals surface area contributed by atoms with E-state index in [9.17, 15) is 14.4 Å². The van der Waals surface area contributed by atoms with Crippen LogP contribution in [0.3, 0.4) is 0 Å². The van der Waals surface area contributed by atoms with Gasteiger partial charge < -0.3 is 14.9 Å². The van der Waals surface area contributed by atoms with E-state index in [4.69, 9.17) is 14.9 Å². The van der Waals surface area contributed by atoms with Gasteiger partial charge in [-0.25, -0.2) is 9.59 Å². The molecule has 0 saturated carbocycles. The molecule has 0 fully saturated rings. The Kier molecular flexibility index (Phi) is 3.87. The topological polar surface area (TPSA) is 99.6 Å². The van der Waals surface area contributed by atoms with Crippen LogP contribution in [0.5, 0.6) is 5.75 Å². The van der Waals surface area contributed by atoms with Crippen LogP contribution >= 0.6 is 0 Å². The fourth-order valence-corrected chi connectivity index (χ4v) is 2.26. The molecule has 0 unspecified atom stereocenters. The average Bonchev–Trinajstić information content (AvgIpc) is 2.53. The van der Waals surface area contributed by atoms with Gasteiger partial charge in [-0.2, -0.15) is 0 Å². The maximum absolute atomic E-state index is 12.1. The zero-order valence-electron chi connectivity index (χ0n) is 12.7. The lowest BCUT2D eigenvalue weighted by atomic mass is 10.1. The van der Waals surface area contributed by atoms with Crippen molar-refractivity contribution in [3.8, 4) is 5.75 Å². The molecule has 0 spiro atoms. The van der Waals surface area contributed by atoms with Crippen molar-refractivity contribution in [3.05, 3.63) is 75.6 Å². The van der Waals surface area contributed by atoms with Gasteiger partial charge in [-0.3, -0.25) is 4.79 Å². The van der Waals surface area contributed by atoms with Crippen LogP contribution in [-0.4, -0.2) is 11.9 Å². The van der Waals surface area contributed by atoms with Crippen molar-refractivity contribution in [2.45, 2.75) is 6.92 Å². The summed E-state index contributed by atoms with van der Waals surface area (Å²) in [5.74, 6) is -1.15. The molecule has 0 bridgehead atoms. The molecule has 120 valence electrons. The molecule has 0 aliphatic carbocycles. The van der Waals surface area contributed by atoms with E-state index in [1.807, 2.05) is 13.0 Å². The number of esters is 1. The summed E-state index contributed by atoms with van der Waals surface area (Å²) in [6.07, 6.45) is 0. The standard InChI is InChI=1S/C18H13NO5/c1-10-3-2-4-12(7-10)17(21)23-13-6-5-11-8-14(16(19)20)18(22)24-15(11)9-13/h2-9H,1H3,(H2,19,20). The molecular weight excluding hydrogens is 310 g/mol. The van der Waals surface area contributed by atoms with Crippen LogP contribution in [0.4, 0.5) is 0 Å². The maximum atomic E-state index is 12.1. The van der Waals surface area contributed by atoms with Crippen LogP contribution in [0.15, 0.2) is 57.7 Å². The van der Waals surface area contributed by atoms with Crippen LogP contribution in [0.1, 0.15) is 26.3 Å². The third kappa shape index (κ3) is 3.03. The van der Waals surface area contributed by atoms with Gasteiger partial charge in [0, 0.05) is 11.5 Å². The molecule has 2 aromatic carbocycles. The van der Waals surface area contributed by atoms with E-state index in [-0.39, 0.29) is 16.9 Å². The van der Waals surface area contributed by atoms with E-state index in [1.54, 1.807) is 30.3 Å². The number of benzene rings is 2. The van der Waals surface area contributed by atoms with Crippen molar-refractivity contribution in [3.63, 3.8) is 0 Å². The quantitative estimate of drug-likeness (QED) is 0.453. The molecule has 1 amide bonds. The van der Waals surface area contributed by atoms with E-state index in [0.717, 1.165) is 5.56 Å². The summed E-state index contributed by atoms with van der Waals surface area (Å²) in [6, 6.07) is 12.9. The Bertz CT molecular complexity index is 1020. The zero-order valence-corrected chi connectivity index (χ0v) is 12.7. The third-order valence-electron chi connectivity index (χ3n) is 3.44. The number of aryl methyl sites for hydroxylation is 1. The monoisotopic (exact) mass is 323 g/mol. The number of amides is 1. The minimum atomic E-state index is -0.861. The van der Waals surface area contributed by atoms with Crippen LogP contribution in [0, 0.1) is 6.92 Å². The Morgan fingerprint density at radius 2 is 1.88 bits per heavy atom. The number of fused-ring (bicyclic) bond motifs is 1. The van der Waals surface area contributed by atoms with E-state index in [0.29, 0.717) is 10.9 Å². The first-order valence-corrected chi connectivity index (χ1v) is 7.10. The molecule has 3 aromatic rings. The summed E-state index contributed by atoms with van der Waals surface area (Å²) in [7, 11) is 0. The van der Waals surface area contributed by atoms with E-state index >= 15 is 0 Å². The molecule has 3 rings (SSSR count). The predicted octanol–water partition coefficient (Wildman–Crippen LogP) is 2.42. The lowest BCUT2D eigenvalue weighted by Gasteiger charge is -2.06. The summed E-state index contributed by atoms with van der Waals surface area (Å²) in [6.45, 7) is 1.87. The number of rotatable bonds is 3. The van der Waals surface area contributed by atoms with Crippen LogP contribution in [0.2, 0.25) is 0 Å². The van der Waals surface area contributed by atoms with Crippen molar-refractivity contribution >= 4 is 22.8 Å². The fourth-order valence-electron chi connectivity index (χ4n) is 2.26. The molecule has 24 heavy (non-hydrogen) atoms. The van der Waals surface area contributed by atoms with Crippen LogP contribution < -0.4 is 16.1 Å². The van der Waals surface area contributed by atoms with Gasteiger partial charge in [-0.05, 0) is 37.3 Å². The molecule has 0 saturated heterocycles. The van der Waals surface area contributed by atoms with Gasteiger partial charge in [0.05, 0.1) is 5.56 Å². The SMILES string of the molecule is Cc1cccc(C(=O)Oc2ccc3cc(C(N)=O)c(=O)oc3c2)c1. The Hall–Kier alpha value is -3.41. The molecule has 0 aliphatic rings. The lowest BCUT2D eigenvalue weighted by molar-refractivity contribution is 0.0734. The van der Waals surface area contributed by atoms with Crippen molar-refractivity contribution in [1.29, 1.82) is 0 Å². The van der Waals surface area contributed by atoms with E-state index in [2.05, 4.69) is 0 Å². The molecular formula is C18H13NO5. The molecule has 1 heterocycles. The summed E-state index contributed by atoms with van der Waals surface area (Å²) in [4.78, 5) is 35.0. The largest absolute Gasteiger partial charge is 0.423 e. The Morgan fingerprint density at radius 1 is 1.08 bits per heavy atom. The summed E-state index contributed by atoms with van der Waals surface area (Å²) in [5.41, 5.74) is 5.59. The van der Waals surface area contributed by atoms with Gasteiger partial charge in [0.15, 0.2) is 0 Å². The molecule has 2 N–H and O–H groups in total. The first kappa shape index (κ1) is 15.5.